The van der Waals surface area contributed by atoms with Gasteiger partial charge in [0, 0.05) is 18.8 Å². The van der Waals surface area contributed by atoms with Gasteiger partial charge in [-0.3, -0.25) is 19.3 Å². The second-order valence-corrected chi connectivity index (χ2v) is 6.79. The Morgan fingerprint density at radius 2 is 2.04 bits per heavy atom. The molecule has 2 aliphatic heterocycles. The van der Waals surface area contributed by atoms with Crippen molar-refractivity contribution in [2.45, 2.75) is 23.6 Å². The van der Waals surface area contributed by atoms with Crippen LogP contribution in [0.4, 0.5) is 5.69 Å². The number of carbonyl (C=O) groups excluding carboxylic acids is 3. The topological polar surface area (TPSA) is 95.0 Å². The zero-order chi connectivity index (χ0) is 17.5. The fourth-order valence-corrected chi connectivity index (χ4v) is 4.47. The first-order valence-corrected chi connectivity index (χ1v) is 8.05. The Morgan fingerprint density at radius 3 is 2.54 bits per heavy atom. The molecule has 0 aromatic heterocycles. The number of carbonyl (C=O) groups is 4. The molecule has 1 N–H and O–H groups in total. The summed E-state index contributed by atoms with van der Waals surface area (Å²) in [5.74, 6) is -2.02. The summed E-state index contributed by atoms with van der Waals surface area (Å²) in [4.78, 5) is 48.2. The van der Waals surface area contributed by atoms with Crippen LogP contribution in [0, 0.1) is 0 Å². The van der Waals surface area contributed by atoms with E-state index in [1.54, 1.807) is 30.3 Å². The average Bonchev–Trinajstić information content (AvgIpc) is 2.54. The van der Waals surface area contributed by atoms with Crippen molar-refractivity contribution in [3.63, 3.8) is 0 Å². The lowest BCUT2D eigenvalue weighted by atomic mass is 10.0. The molecule has 1 aromatic carbocycles. The maximum atomic E-state index is 12.3. The summed E-state index contributed by atoms with van der Waals surface area (Å²) in [5.41, 5.74) is 0.218. The third-order valence-electron chi connectivity index (χ3n) is 3.98. The quantitative estimate of drug-likeness (QED) is 0.650. The van der Waals surface area contributed by atoms with Crippen LogP contribution in [-0.2, 0) is 19.2 Å². The number of β-lactam (4-membered cyclic amide) rings is 1. The molecule has 1 fully saturated rings. The first kappa shape index (κ1) is 16.3. The number of hydrogen-bond donors (Lipinski definition) is 1. The number of rotatable bonds is 4. The zero-order valence-corrected chi connectivity index (χ0v) is 13.5. The molecule has 0 bridgehead atoms. The molecule has 1 aromatic rings. The van der Waals surface area contributed by atoms with Gasteiger partial charge in [-0.1, -0.05) is 30.0 Å². The zero-order valence-electron chi connectivity index (χ0n) is 12.7. The third kappa shape index (κ3) is 2.22. The molecule has 0 aliphatic carbocycles. The van der Waals surface area contributed by atoms with Crippen molar-refractivity contribution < 1.29 is 24.3 Å². The highest BCUT2D eigenvalue weighted by Gasteiger charge is 2.58. The van der Waals surface area contributed by atoms with Crippen LogP contribution in [-0.4, -0.2) is 44.3 Å². The van der Waals surface area contributed by atoms with Crippen molar-refractivity contribution in [3.05, 3.63) is 42.1 Å². The highest BCUT2D eigenvalue weighted by Crippen LogP contribution is 2.49. The van der Waals surface area contributed by atoms with Crippen molar-refractivity contribution in [1.29, 1.82) is 0 Å². The predicted molar refractivity (Wildman–Crippen MR) is 87.0 cm³/mol. The molecule has 2 atom stereocenters. The monoisotopic (exact) mass is 346 g/mol. The van der Waals surface area contributed by atoms with Gasteiger partial charge in [0.25, 0.3) is 0 Å². The molecule has 124 valence electrons. The smallest absolute Gasteiger partial charge is 0.345 e. The Labute approximate surface area is 141 Å². The van der Waals surface area contributed by atoms with Crippen LogP contribution in [0.5, 0.6) is 0 Å². The molecule has 24 heavy (non-hydrogen) atoms. The number of hydrogen-bond acceptors (Lipinski definition) is 5. The normalized spacial score (nSPS) is 25.2. The van der Waals surface area contributed by atoms with Gasteiger partial charge in [-0.05, 0) is 12.1 Å². The van der Waals surface area contributed by atoms with E-state index in [0.717, 1.165) is 16.7 Å². The number of amides is 2. The summed E-state index contributed by atoms with van der Waals surface area (Å²) >= 11 is 0.916. The average molecular weight is 346 g/mol. The highest BCUT2D eigenvalue weighted by atomic mass is 32.2. The lowest BCUT2D eigenvalue weighted by Crippen LogP contribution is -2.63. The number of fused-ring (bicyclic) bond motifs is 1. The largest absolute Gasteiger partial charge is 0.479 e. The fraction of sp³-hybridized carbons (Fsp3) is 0.250. The first-order chi connectivity index (χ1) is 11.4. The van der Waals surface area contributed by atoms with E-state index >= 15 is 0 Å². The number of carboxylic acid groups (broad SMARTS) is 1. The summed E-state index contributed by atoms with van der Waals surface area (Å²) in [6.07, 6.45) is 1.80. The Morgan fingerprint density at radius 1 is 1.38 bits per heavy atom. The summed E-state index contributed by atoms with van der Waals surface area (Å²) in [7, 11) is 0. The molecule has 8 heteroatoms. The molecular weight excluding hydrogens is 332 g/mol. The number of aliphatic carboxylic acids is 1. The van der Waals surface area contributed by atoms with Gasteiger partial charge in [0.05, 0.1) is 17.4 Å². The second kappa shape index (κ2) is 5.79. The van der Waals surface area contributed by atoms with Gasteiger partial charge in [-0.15, -0.1) is 0 Å². The van der Waals surface area contributed by atoms with Crippen LogP contribution in [0.2, 0.25) is 0 Å². The summed E-state index contributed by atoms with van der Waals surface area (Å²) in [6.45, 7) is 1.25. The fourth-order valence-electron chi connectivity index (χ4n) is 2.88. The van der Waals surface area contributed by atoms with Crippen molar-refractivity contribution in [1.82, 2.24) is 4.90 Å². The van der Waals surface area contributed by atoms with Crippen LogP contribution >= 0.6 is 11.8 Å². The van der Waals surface area contributed by atoms with Crippen molar-refractivity contribution in [2.24, 2.45) is 0 Å². The van der Waals surface area contributed by atoms with Crippen LogP contribution < -0.4 is 4.90 Å². The van der Waals surface area contributed by atoms with Crippen LogP contribution in [0.3, 0.4) is 0 Å². The number of aldehydes is 1. The van der Waals surface area contributed by atoms with Crippen LogP contribution in [0.25, 0.3) is 0 Å². The lowest BCUT2D eigenvalue weighted by molar-refractivity contribution is -0.142. The highest BCUT2D eigenvalue weighted by molar-refractivity contribution is 8.02. The molecule has 0 spiro atoms. The van der Waals surface area contributed by atoms with Crippen molar-refractivity contribution in [3.8, 4) is 0 Å². The minimum Gasteiger partial charge on any atom is -0.479 e. The Bertz CT molecular complexity index is 763. The standard InChI is InChI=1S/C16H14N2O5S/c1-10(20)18(12-5-3-2-4-6-12)16(15(22)23)11(9-19)8-17-13(21)7-14(17)24-16/h2-6,8-9,14H,7H2,1H3,(H,22,23)/t14-,16?/m1/s1. The number of benzene rings is 1. The number of nitrogens with zero attached hydrogens (tertiary/aromatic N) is 2. The van der Waals surface area contributed by atoms with Crippen molar-refractivity contribution >= 4 is 41.5 Å². The van der Waals surface area contributed by atoms with E-state index in [4.69, 9.17) is 0 Å². The number of para-hydroxylation sites is 1. The lowest BCUT2D eigenvalue weighted by Gasteiger charge is -2.50. The number of carboxylic acids is 1. The van der Waals surface area contributed by atoms with E-state index < -0.39 is 22.1 Å². The number of thioether (sulfide) groups is 1. The van der Waals surface area contributed by atoms with Crippen LogP contribution in [0.15, 0.2) is 42.1 Å². The van der Waals surface area contributed by atoms with Gasteiger partial charge >= 0.3 is 5.97 Å². The molecule has 0 saturated carbocycles. The van der Waals surface area contributed by atoms with Gasteiger partial charge in [0.2, 0.25) is 16.7 Å². The molecule has 0 radical (unpaired) electrons. The molecule has 2 heterocycles. The Kier molecular flexibility index (Phi) is 3.92. The van der Waals surface area contributed by atoms with E-state index in [2.05, 4.69) is 0 Å². The molecule has 2 aliphatic rings. The van der Waals surface area contributed by atoms with Crippen molar-refractivity contribution in [2.75, 3.05) is 4.90 Å². The minimum atomic E-state index is -1.91. The predicted octanol–water partition coefficient (Wildman–Crippen LogP) is 1.21. The molecular formula is C16H14N2O5S. The van der Waals surface area contributed by atoms with E-state index in [1.165, 1.54) is 18.0 Å². The van der Waals surface area contributed by atoms with Gasteiger partial charge in [0.1, 0.15) is 0 Å². The maximum absolute atomic E-state index is 12.3. The maximum Gasteiger partial charge on any atom is 0.345 e. The van der Waals surface area contributed by atoms with Gasteiger partial charge < -0.3 is 10.0 Å². The minimum absolute atomic E-state index is 0.150. The molecule has 1 unspecified atom stereocenters. The Hall–Kier alpha value is -2.61. The van der Waals surface area contributed by atoms with E-state index in [-0.39, 0.29) is 17.9 Å². The molecule has 1 saturated heterocycles. The van der Waals surface area contributed by atoms with Gasteiger partial charge in [0.15, 0.2) is 6.29 Å². The summed E-state index contributed by atoms with van der Waals surface area (Å²) < 4.78 is 0. The summed E-state index contributed by atoms with van der Waals surface area (Å²) in [5, 5.41) is 9.53. The van der Waals surface area contributed by atoms with E-state index in [9.17, 15) is 24.3 Å². The Balaban J connectivity index is 2.20. The second-order valence-electron chi connectivity index (χ2n) is 5.42. The van der Waals surface area contributed by atoms with Gasteiger partial charge in [-0.25, -0.2) is 4.79 Å². The van der Waals surface area contributed by atoms with E-state index in [1.807, 2.05) is 0 Å². The molecule has 3 rings (SSSR count). The molecule has 7 nitrogen and oxygen atoms in total. The third-order valence-corrected chi connectivity index (χ3v) is 5.58. The van der Waals surface area contributed by atoms with E-state index in [0.29, 0.717) is 12.0 Å². The molecule has 2 amide bonds. The number of anilines is 1. The first-order valence-electron chi connectivity index (χ1n) is 7.17. The summed E-state index contributed by atoms with van der Waals surface area (Å²) in [6, 6.07) is 8.31. The van der Waals surface area contributed by atoms with Crippen LogP contribution in [0.1, 0.15) is 13.3 Å². The van der Waals surface area contributed by atoms with Gasteiger partial charge in [-0.2, -0.15) is 0 Å². The SMILES string of the molecule is CC(=O)N(c1ccccc1)C1(C(=O)O)S[C@@H]2CC(=O)N2C=C1C=O.